The van der Waals surface area contributed by atoms with Crippen molar-refractivity contribution >= 4 is 27.3 Å². The number of aryl methyl sites for hydroxylation is 2. The van der Waals surface area contributed by atoms with Gasteiger partial charge in [-0.15, -0.1) is 11.3 Å². The van der Waals surface area contributed by atoms with Crippen LogP contribution >= 0.6 is 27.3 Å². The molecule has 0 aliphatic rings. The van der Waals surface area contributed by atoms with Crippen LogP contribution in [0.1, 0.15) is 15.4 Å². The Morgan fingerprint density at radius 2 is 2.19 bits per heavy atom. The monoisotopic (exact) mass is 297 g/mol. The first-order valence-electron chi connectivity index (χ1n) is 4.95. The van der Waals surface area contributed by atoms with Gasteiger partial charge in [-0.25, -0.2) is 4.98 Å². The summed E-state index contributed by atoms with van der Waals surface area (Å²) in [6, 6.07) is 6.01. The van der Waals surface area contributed by atoms with E-state index in [2.05, 4.69) is 20.9 Å². The molecule has 1 aromatic heterocycles. The van der Waals surface area contributed by atoms with Gasteiger partial charge < -0.3 is 4.74 Å². The molecule has 0 unspecified atom stereocenters. The van der Waals surface area contributed by atoms with Gasteiger partial charge in [0.05, 0.1) is 9.88 Å². The first kappa shape index (κ1) is 11.6. The molecule has 0 N–H and O–H groups in total. The highest BCUT2D eigenvalue weighted by Gasteiger charge is 2.02. The second-order valence-electron chi connectivity index (χ2n) is 3.54. The van der Waals surface area contributed by atoms with Crippen LogP contribution in [0.15, 0.2) is 28.9 Å². The highest BCUT2D eigenvalue weighted by atomic mass is 79.9. The number of halogens is 1. The largest absolute Gasteiger partial charge is 0.488 e. The van der Waals surface area contributed by atoms with Crippen LogP contribution in [0.25, 0.3) is 0 Å². The van der Waals surface area contributed by atoms with Crippen LogP contribution in [-0.2, 0) is 6.61 Å². The summed E-state index contributed by atoms with van der Waals surface area (Å²) in [5.74, 6) is 0.925. The van der Waals surface area contributed by atoms with E-state index in [-0.39, 0.29) is 0 Å². The summed E-state index contributed by atoms with van der Waals surface area (Å²) >= 11 is 5.10. The maximum Gasteiger partial charge on any atom is 0.124 e. The Balaban J connectivity index is 2.04. The number of hydrogen-bond donors (Lipinski definition) is 0. The van der Waals surface area contributed by atoms with Gasteiger partial charge in [-0.1, -0.05) is 15.9 Å². The van der Waals surface area contributed by atoms with E-state index in [9.17, 15) is 0 Å². The van der Waals surface area contributed by atoms with Crippen LogP contribution in [0.3, 0.4) is 0 Å². The van der Waals surface area contributed by atoms with Gasteiger partial charge in [0.1, 0.15) is 12.4 Å². The molecule has 2 rings (SSSR count). The summed E-state index contributed by atoms with van der Waals surface area (Å²) in [7, 11) is 0. The summed E-state index contributed by atoms with van der Waals surface area (Å²) in [5.41, 5.74) is 1.13. The SMILES string of the molecule is Cc1ncc(COc2ccc(Br)cc2C)s1. The lowest BCUT2D eigenvalue weighted by Crippen LogP contribution is -1.94. The zero-order valence-corrected chi connectivity index (χ0v) is 11.6. The van der Waals surface area contributed by atoms with Gasteiger partial charge in [-0.2, -0.15) is 0 Å². The van der Waals surface area contributed by atoms with Gasteiger partial charge in [0, 0.05) is 10.7 Å². The Hall–Kier alpha value is -0.870. The summed E-state index contributed by atoms with van der Waals surface area (Å²) in [5, 5.41) is 1.08. The molecular formula is C12H12BrNOS. The van der Waals surface area contributed by atoms with Crippen LogP contribution in [0, 0.1) is 13.8 Å². The van der Waals surface area contributed by atoms with E-state index >= 15 is 0 Å². The first-order valence-corrected chi connectivity index (χ1v) is 6.56. The summed E-state index contributed by atoms with van der Waals surface area (Å²) in [6.45, 7) is 4.63. The van der Waals surface area contributed by atoms with E-state index in [1.165, 1.54) is 0 Å². The molecule has 0 aliphatic carbocycles. The third-order valence-electron chi connectivity index (χ3n) is 2.18. The maximum absolute atomic E-state index is 5.74. The maximum atomic E-state index is 5.74. The fourth-order valence-electron chi connectivity index (χ4n) is 1.40. The van der Waals surface area contributed by atoms with Gasteiger partial charge in [0.15, 0.2) is 0 Å². The van der Waals surface area contributed by atoms with E-state index in [1.54, 1.807) is 11.3 Å². The molecule has 0 saturated carbocycles. The van der Waals surface area contributed by atoms with E-state index in [0.717, 1.165) is 25.7 Å². The van der Waals surface area contributed by atoms with Gasteiger partial charge in [-0.3, -0.25) is 0 Å². The van der Waals surface area contributed by atoms with E-state index in [4.69, 9.17) is 4.74 Å². The number of nitrogens with zero attached hydrogens (tertiary/aromatic N) is 1. The van der Waals surface area contributed by atoms with Gasteiger partial charge in [0.25, 0.3) is 0 Å². The van der Waals surface area contributed by atoms with Gasteiger partial charge in [-0.05, 0) is 37.6 Å². The number of benzene rings is 1. The van der Waals surface area contributed by atoms with Crippen LogP contribution in [0.4, 0.5) is 0 Å². The second-order valence-corrected chi connectivity index (χ2v) is 5.78. The molecular weight excluding hydrogens is 286 g/mol. The number of hydrogen-bond acceptors (Lipinski definition) is 3. The molecule has 0 bridgehead atoms. The zero-order chi connectivity index (χ0) is 11.5. The molecule has 1 aromatic carbocycles. The van der Waals surface area contributed by atoms with Crippen molar-refractivity contribution in [1.29, 1.82) is 0 Å². The van der Waals surface area contributed by atoms with Crippen LogP contribution in [-0.4, -0.2) is 4.98 Å². The predicted octanol–water partition coefficient (Wildman–Crippen LogP) is 4.10. The van der Waals surface area contributed by atoms with Crippen molar-refractivity contribution in [1.82, 2.24) is 4.98 Å². The van der Waals surface area contributed by atoms with Crippen LogP contribution in [0.5, 0.6) is 5.75 Å². The van der Waals surface area contributed by atoms with Crippen molar-refractivity contribution < 1.29 is 4.74 Å². The van der Waals surface area contributed by atoms with Crippen molar-refractivity contribution in [3.63, 3.8) is 0 Å². The van der Waals surface area contributed by atoms with Gasteiger partial charge >= 0.3 is 0 Å². The molecule has 1 heterocycles. The number of thiazole rings is 1. The molecule has 0 amide bonds. The van der Waals surface area contributed by atoms with Crippen LogP contribution in [0.2, 0.25) is 0 Å². The molecule has 0 fully saturated rings. The van der Waals surface area contributed by atoms with Crippen molar-refractivity contribution in [2.75, 3.05) is 0 Å². The van der Waals surface area contributed by atoms with Crippen molar-refractivity contribution in [3.05, 3.63) is 44.3 Å². The minimum Gasteiger partial charge on any atom is -0.488 e. The van der Waals surface area contributed by atoms with E-state index in [0.29, 0.717) is 6.61 Å². The smallest absolute Gasteiger partial charge is 0.124 e. The Labute approximate surface area is 107 Å². The average Bonchev–Trinajstić information content (AvgIpc) is 2.63. The lowest BCUT2D eigenvalue weighted by atomic mass is 10.2. The predicted molar refractivity (Wildman–Crippen MR) is 70.1 cm³/mol. The number of ether oxygens (including phenoxy) is 1. The van der Waals surface area contributed by atoms with E-state index < -0.39 is 0 Å². The molecule has 4 heteroatoms. The Morgan fingerprint density at radius 1 is 1.38 bits per heavy atom. The van der Waals surface area contributed by atoms with Crippen molar-refractivity contribution in [3.8, 4) is 5.75 Å². The topological polar surface area (TPSA) is 22.1 Å². The second kappa shape index (κ2) is 4.97. The molecule has 0 spiro atoms. The molecule has 84 valence electrons. The third-order valence-corrected chi connectivity index (χ3v) is 3.56. The minimum absolute atomic E-state index is 0.591. The lowest BCUT2D eigenvalue weighted by molar-refractivity contribution is 0.307. The molecule has 16 heavy (non-hydrogen) atoms. The number of aromatic nitrogens is 1. The highest BCUT2D eigenvalue weighted by Crippen LogP contribution is 2.23. The van der Waals surface area contributed by atoms with Crippen molar-refractivity contribution in [2.45, 2.75) is 20.5 Å². The minimum atomic E-state index is 0.591. The third kappa shape index (κ3) is 2.83. The summed E-state index contributed by atoms with van der Waals surface area (Å²) in [6.07, 6.45) is 1.87. The summed E-state index contributed by atoms with van der Waals surface area (Å²) < 4.78 is 6.82. The quantitative estimate of drug-likeness (QED) is 0.851. The Morgan fingerprint density at radius 3 is 2.81 bits per heavy atom. The van der Waals surface area contributed by atoms with Crippen molar-refractivity contribution in [2.24, 2.45) is 0 Å². The number of rotatable bonds is 3. The molecule has 2 aromatic rings. The van der Waals surface area contributed by atoms with E-state index in [1.807, 2.05) is 38.2 Å². The fraction of sp³-hybridized carbons (Fsp3) is 0.250. The highest BCUT2D eigenvalue weighted by molar-refractivity contribution is 9.10. The molecule has 0 radical (unpaired) electrons. The Kier molecular flexibility index (Phi) is 3.61. The zero-order valence-electron chi connectivity index (χ0n) is 9.16. The fourth-order valence-corrected chi connectivity index (χ4v) is 2.58. The standard InChI is InChI=1S/C12H12BrNOS/c1-8-5-10(13)3-4-12(8)15-7-11-6-14-9(2)16-11/h3-6H,7H2,1-2H3. The first-order chi connectivity index (χ1) is 7.65. The molecule has 2 nitrogen and oxygen atoms in total. The lowest BCUT2D eigenvalue weighted by Gasteiger charge is -2.07. The normalized spacial score (nSPS) is 10.4. The average molecular weight is 298 g/mol. The van der Waals surface area contributed by atoms with Crippen LogP contribution < -0.4 is 4.74 Å². The summed E-state index contributed by atoms with van der Waals surface area (Å²) in [4.78, 5) is 5.35. The molecule has 0 saturated heterocycles. The molecule has 0 atom stereocenters. The Bertz CT molecular complexity index is 496. The molecule has 0 aliphatic heterocycles. The van der Waals surface area contributed by atoms with Gasteiger partial charge in [0.2, 0.25) is 0 Å².